The first-order valence-electron chi connectivity index (χ1n) is 9.19. The lowest BCUT2D eigenvalue weighted by molar-refractivity contribution is -0.109. The van der Waals surface area contributed by atoms with E-state index in [1.807, 2.05) is 54.6 Å². The van der Waals surface area contributed by atoms with Gasteiger partial charge >= 0.3 is 0 Å². The topological polar surface area (TPSA) is 46.5 Å². The van der Waals surface area contributed by atoms with Crippen molar-refractivity contribution < 1.29 is 14.6 Å². The van der Waals surface area contributed by atoms with Crippen LogP contribution in [0.5, 0.6) is 0 Å². The third kappa shape index (κ3) is 4.33. The van der Waals surface area contributed by atoms with Crippen molar-refractivity contribution >= 4 is 6.29 Å². The molecule has 0 aliphatic carbocycles. The number of hydrogen-bond acceptors (Lipinski definition) is 3. The smallest absolute Gasteiger partial charge is 0.143 e. The predicted molar refractivity (Wildman–Crippen MR) is 106 cm³/mol. The highest BCUT2D eigenvalue weighted by molar-refractivity contribution is 5.50. The molecule has 1 atom stereocenters. The van der Waals surface area contributed by atoms with Crippen LogP contribution in [0.2, 0.25) is 0 Å². The fourth-order valence-corrected chi connectivity index (χ4v) is 3.35. The molecule has 0 heterocycles. The van der Waals surface area contributed by atoms with E-state index in [0.29, 0.717) is 13.0 Å². The van der Waals surface area contributed by atoms with Crippen molar-refractivity contribution in [3.05, 3.63) is 108 Å². The van der Waals surface area contributed by atoms with Crippen LogP contribution >= 0.6 is 0 Å². The molecule has 0 fully saturated rings. The third-order valence-electron chi connectivity index (χ3n) is 4.68. The number of benzene rings is 3. The number of ether oxygens (including phenoxy) is 1. The summed E-state index contributed by atoms with van der Waals surface area (Å²) in [4.78, 5) is 10.6. The summed E-state index contributed by atoms with van der Waals surface area (Å²) in [6.45, 7) is 0.327. The maximum atomic E-state index is 10.6. The van der Waals surface area contributed by atoms with Crippen molar-refractivity contribution in [2.45, 2.75) is 24.5 Å². The summed E-state index contributed by atoms with van der Waals surface area (Å²) >= 11 is 0. The molecule has 0 aromatic heterocycles. The highest BCUT2D eigenvalue weighted by Gasteiger charge is 2.37. The monoisotopic (exact) mass is 360 g/mol. The van der Waals surface area contributed by atoms with Crippen LogP contribution < -0.4 is 0 Å². The van der Waals surface area contributed by atoms with Crippen LogP contribution in [-0.2, 0) is 15.1 Å². The molecule has 27 heavy (non-hydrogen) atoms. The van der Waals surface area contributed by atoms with Crippen LogP contribution in [0.25, 0.3) is 0 Å². The summed E-state index contributed by atoms with van der Waals surface area (Å²) in [5.74, 6) is 0. The summed E-state index contributed by atoms with van der Waals surface area (Å²) in [6, 6.07) is 30.3. The second-order valence-electron chi connectivity index (χ2n) is 6.47. The highest BCUT2D eigenvalue weighted by atomic mass is 16.5. The number of hydrogen-bond donors (Lipinski definition) is 1. The number of carbonyl (C=O) groups is 1. The van der Waals surface area contributed by atoms with Crippen molar-refractivity contribution in [2.75, 3.05) is 6.61 Å². The molecular weight excluding hydrogens is 336 g/mol. The SMILES string of the molecule is O=CCC(O)CCOC(c1ccccc1)(c1ccccc1)c1ccccc1. The minimum atomic E-state index is -0.787. The van der Waals surface area contributed by atoms with E-state index in [1.54, 1.807) is 0 Å². The van der Waals surface area contributed by atoms with Crippen molar-refractivity contribution in [3.8, 4) is 0 Å². The van der Waals surface area contributed by atoms with E-state index in [-0.39, 0.29) is 6.42 Å². The molecule has 1 unspecified atom stereocenters. The number of carbonyl (C=O) groups excluding carboxylic acids is 1. The van der Waals surface area contributed by atoms with E-state index in [9.17, 15) is 9.90 Å². The van der Waals surface area contributed by atoms with Crippen LogP contribution in [0.15, 0.2) is 91.0 Å². The Balaban J connectivity index is 2.07. The number of aliphatic hydroxyl groups is 1. The normalized spacial score (nSPS) is 12.5. The molecule has 0 aliphatic rings. The minimum absolute atomic E-state index is 0.123. The van der Waals surface area contributed by atoms with Crippen LogP contribution in [0.1, 0.15) is 29.5 Å². The van der Waals surface area contributed by atoms with Crippen molar-refractivity contribution in [1.82, 2.24) is 0 Å². The van der Waals surface area contributed by atoms with Crippen LogP contribution in [0.4, 0.5) is 0 Å². The van der Waals surface area contributed by atoms with E-state index >= 15 is 0 Å². The Morgan fingerprint density at radius 3 is 1.56 bits per heavy atom. The molecule has 3 nitrogen and oxygen atoms in total. The molecule has 0 saturated carbocycles. The summed E-state index contributed by atoms with van der Waals surface area (Å²) in [5, 5.41) is 9.95. The zero-order valence-corrected chi connectivity index (χ0v) is 15.2. The van der Waals surface area contributed by atoms with Gasteiger partial charge in [0.15, 0.2) is 0 Å². The summed E-state index contributed by atoms with van der Waals surface area (Å²) < 4.78 is 6.53. The van der Waals surface area contributed by atoms with Crippen LogP contribution in [0.3, 0.4) is 0 Å². The standard InChI is InChI=1S/C24H24O3/c25-18-16-23(26)17-19-27-24(20-10-4-1-5-11-20,21-12-6-2-7-13-21)22-14-8-3-9-15-22/h1-15,18,23,26H,16-17,19H2. The van der Waals surface area contributed by atoms with E-state index in [0.717, 1.165) is 23.0 Å². The van der Waals surface area contributed by atoms with Gasteiger partial charge in [0.05, 0.1) is 12.7 Å². The van der Waals surface area contributed by atoms with Gasteiger partial charge in [-0.15, -0.1) is 0 Å². The third-order valence-corrected chi connectivity index (χ3v) is 4.68. The van der Waals surface area contributed by atoms with Crippen LogP contribution in [0, 0.1) is 0 Å². The lowest BCUT2D eigenvalue weighted by Gasteiger charge is -2.36. The fourth-order valence-electron chi connectivity index (χ4n) is 3.35. The largest absolute Gasteiger partial charge is 0.393 e. The number of aliphatic hydroxyl groups excluding tert-OH is 1. The van der Waals surface area contributed by atoms with Gasteiger partial charge in [0.2, 0.25) is 0 Å². The Kier molecular flexibility index (Phi) is 6.53. The minimum Gasteiger partial charge on any atom is -0.393 e. The van der Waals surface area contributed by atoms with Gasteiger partial charge in [-0.05, 0) is 23.1 Å². The van der Waals surface area contributed by atoms with Crippen LogP contribution in [-0.4, -0.2) is 24.1 Å². The summed E-state index contributed by atoms with van der Waals surface area (Å²) in [5.41, 5.74) is 2.27. The molecule has 3 rings (SSSR count). The van der Waals surface area contributed by atoms with Gasteiger partial charge < -0.3 is 14.6 Å². The molecular formula is C24H24O3. The van der Waals surface area contributed by atoms with Gasteiger partial charge in [-0.3, -0.25) is 0 Å². The first-order chi connectivity index (χ1) is 13.3. The Hall–Kier alpha value is -2.75. The summed E-state index contributed by atoms with van der Waals surface area (Å²) in [6.07, 6.45) is 0.567. The average molecular weight is 360 g/mol. The van der Waals surface area contributed by atoms with Gasteiger partial charge in [0, 0.05) is 6.42 Å². The molecule has 3 aromatic rings. The zero-order chi connectivity index (χ0) is 19.0. The molecule has 0 bridgehead atoms. The average Bonchev–Trinajstić information content (AvgIpc) is 2.73. The van der Waals surface area contributed by atoms with E-state index in [1.165, 1.54) is 0 Å². The quantitative estimate of drug-likeness (QED) is 0.456. The fraction of sp³-hybridized carbons (Fsp3) is 0.208. The molecule has 3 aromatic carbocycles. The molecule has 3 heteroatoms. The predicted octanol–water partition coefficient (Wildman–Crippen LogP) is 4.34. The van der Waals surface area contributed by atoms with E-state index in [4.69, 9.17) is 4.74 Å². The Morgan fingerprint density at radius 1 is 0.778 bits per heavy atom. The van der Waals surface area contributed by atoms with Gasteiger partial charge in [-0.25, -0.2) is 0 Å². The molecule has 0 saturated heterocycles. The number of rotatable bonds is 9. The van der Waals surface area contributed by atoms with Crippen molar-refractivity contribution in [1.29, 1.82) is 0 Å². The second-order valence-corrected chi connectivity index (χ2v) is 6.47. The van der Waals surface area contributed by atoms with Crippen molar-refractivity contribution in [3.63, 3.8) is 0 Å². The first kappa shape index (κ1) is 19.0. The first-order valence-corrected chi connectivity index (χ1v) is 9.19. The summed E-state index contributed by atoms with van der Waals surface area (Å²) in [7, 11) is 0. The van der Waals surface area contributed by atoms with Crippen molar-refractivity contribution in [2.24, 2.45) is 0 Å². The second kappa shape index (κ2) is 9.26. The molecule has 138 valence electrons. The zero-order valence-electron chi connectivity index (χ0n) is 15.2. The van der Waals surface area contributed by atoms with E-state index in [2.05, 4.69) is 36.4 Å². The number of aldehydes is 1. The van der Waals surface area contributed by atoms with Gasteiger partial charge in [-0.2, -0.15) is 0 Å². The van der Waals surface area contributed by atoms with Gasteiger partial charge in [0.25, 0.3) is 0 Å². The maximum absolute atomic E-state index is 10.6. The Labute approximate surface area is 160 Å². The lowest BCUT2D eigenvalue weighted by atomic mass is 9.80. The molecule has 1 N–H and O–H groups in total. The molecule has 0 aliphatic heterocycles. The highest BCUT2D eigenvalue weighted by Crippen LogP contribution is 2.40. The van der Waals surface area contributed by atoms with E-state index < -0.39 is 11.7 Å². The molecule has 0 spiro atoms. The maximum Gasteiger partial charge on any atom is 0.143 e. The van der Waals surface area contributed by atoms with Gasteiger partial charge in [0.1, 0.15) is 11.9 Å². The Bertz CT molecular complexity index is 719. The molecule has 0 radical (unpaired) electrons. The lowest BCUT2D eigenvalue weighted by Crippen LogP contribution is -2.34. The van der Waals surface area contributed by atoms with Gasteiger partial charge in [-0.1, -0.05) is 91.0 Å². The molecule has 0 amide bonds. The Morgan fingerprint density at radius 2 is 1.19 bits per heavy atom.